The number of carbonyl (C=O) groups is 1. The molecule has 0 spiro atoms. The Morgan fingerprint density at radius 1 is 1.23 bits per heavy atom. The summed E-state index contributed by atoms with van der Waals surface area (Å²) < 4.78 is 2.81. The molecule has 1 amide bonds. The van der Waals surface area contributed by atoms with Crippen molar-refractivity contribution in [1.82, 2.24) is 14.8 Å². The number of hydrogen-bond acceptors (Lipinski definition) is 7. The molecule has 3 aromatic rings. The predicted octanol–water partition coefficient (Wildman–Crippen LogP) is 4.38. The fourth-order valence-electron chi connectivity index (χ4n) is 3.92. The molecule has 0 atom stereocenters. The van der Waals surface area contributed by atoms with E-state index in [4.69, 9.17) is 0 Å². The Morgan fingerprint density at radius 2 is 2.03 bits per heavy atom. The van der Waals surface area contributed by atoms with Gasteiger partial charge in [-0.1, -0.05) is 41.3 Å². The molecular weight excluding hydrogens is 428 g/mol. The maximum absolute atomic E-state index is 12.8. The van der Waals surface area contributed by atoms with Crippen LogP contribution in [0.2, 0.25) is 0 Å². The second-order valence-electron chi connectivity index (χ2n) is 7.77. The van der Waals surface area contributed by atoms with Crippen LogP contribution in [-0.4, -0.2) is 32.5 Å². The number of rotatable bonds is 7. The number of amides is 1. The zero-order valence-electron chi connectivity index (χ0n) is 16.9. The highest BCUT2D eigenvalue weighted by Crippen LogP contribution is 2.36. The third-order valence-corrected chi connectivity index (χ3v) is 7.48. The average molecular weight is 451 g/mol. The van der Waals surface area contributed by atoms with Crippen molar-refractivity contribution in [3.05, 3.63) is 47.2 Å². The van der Waals surface area contributed by atoms with Gasteiger partial charge in [0.25, 0.3) is 0 Å². The lowest BCUT2D eigenvalue weighted by atomic mass is 9.95. The number of hydrogen-bond donors (Lipinski definition) is 2. The van der Waals surface area contributed by atoms with Gasteiger partial charge in [0.15, 0.2) is 4.34 Å². The topological polar surface area (TPSA) is 95.6 Å². The molecule has 2 aromatic heterocycles. The van der Waals surface area contributed by atoms with Gasteiger partial charge >= 0.3 is 0 Å². The number of fused-ring (bicyclic) bond motifs is 1. The number of para-hydroxylation sites is 1. The number of anilines is 2. The number of thioether (sulfide) groups is 1. The molecule has 2 heterocycles. The van der Waals surface area contributed by atoms with Gasteiger partial charge in [0.05, 0.1) is 11.3 Å². The van der Waals surface area contributed by atoms with E-state index in [1.165, 1.54) is 35.9 Å². The first-order chi connectivity index (χ1) is 15.2. The summed E-state index contributed by atoms with van der Waals surface area (Å²) in [5.41, 5.74) is 3.76. The van der Waals surface area contributed by atoms with Crippen molar-refractivity contribution in [2.24, 2.45) is 0 Å². The molecule has 2 aliphatic carbocycles. The van der Waals surface area contributed by atoms with Crippen LogP contribution in [0.1, 0.15) is 42.5 Å². The Bertz CT molecular complexity index is 1140. The van der Waals surface area contributed by atoms with Crippen molar-refractivity contribution in [3.8, 4) is 11.8 Å². The van der Waals surface area contributed by atoms with Crippen LogP contribution in [0.25, 0.3) is 5.69 Å². The van der Waals surface area contributed by atoms with Gasteiger partial charge in [-0.3, -0.25) is 9.36 Å². The van der Waals surface area contributed by atoms with Crippen LogP contribution in [0.4, 0.5) is 10.9 Å². The van der Waals surface area contributed by atoms with E-state index >= 15 is 0 Å². The smallest absolute Gasteiger partial charge is 0.235 e. The Morgan fingerprint density at radius 3 is 2.81 bits per heavy atom. The first-order valence-corrected chi connectivity index (χ1v) is 12.3. The molecule has 0 saturated heterocycles. The summed E-state index contributed by atoms with van der Waals surface area (Å²) in [5, 5.41) is 25.4. The maximum Gasteiger partial charge on any atom is 0.235 e. The van der Waals surface area contributed by atoms with Crippen LogP contribution in [0.3, 0.4) is 0 Å². The Hall–Kier alpha value is -2.83. The molecule has 0 radical (unpaired) electrons. The fourth-order valence-corrected chi connectivity index (χ4v) is 5.55. The Kier molecular flexibility index (Phi) is 5.66. The highest BCUT2D eigenvalue weighted by molar-refractivity contribution is 8.01. The summed E-state index contributed by atoms with van der Waals surface area (Å²) in [6, 6.07) is 12.8. The van der Waals surface area contributed by atoms with Crippen molar-refractivity contribution in [2.75, 3.05) is 16.4 Å². The Balaban J connectivity index is 1.36. The molecule has 5 rings (SSSR count). The molecule has 158 valence electrons. The second kappa shape index (κ2) is 8.73. The molecule has 1 fully saturated rings. The lowest BCUT2D eigenvalue weighted by Crippen LogP contribution is -2.18. The van der Waals surface area contributed by atoms with Gasteiger partial charge in [-0.05, 0) is 56.2 Å². The minimum Gasteiger partial charge on any atom is -0.357 e. The lowest BCUT2D eigenvalue weighted by Gasteiger charge is -2.17. The largest absolute Gasteiger partial charge is 0.357 e. The van der Waals surface area contributed by atoms with E-state index in [0.717, 1.165) is 52.1 Å². The summed E-state index contributed by atoms with van der Waals surface area (Å²) in [5.74, 6) is 0.646. The van der Waals surface area contributed by atoms with Crippen molar-refractivity contribution < 1.29 is 4.79 Å². The van der Waals surface area contributed by atoms with Gasteiger partial charge in [-0.25, -0.2) is 0 Å². The van der Waals surface area contributed by atoms with Crippen molar-refractivity contribution >= 4 is 40.0 Å². The standard InChI is InChI=1S/C22H22N6OS2/c23-12-17-16-8-4-5-9-18(16)28(15-6-2-1-3-7-15)20(17)25-19(29)13-30-22-27-26-21(31-22)24-14-10-11-14/h1-3,6-7,14H,4-5,8-11,13H2,(H,24,26)(H,25,29). The van der Waals surface area contributed by atoms with Gasteiger partial charge in [-0.15, -0.1) is 10.2 Å². The van der Waals surface area contributed by atoms with E-state index in [0.29, 0.717) is 17.4 Å². The summed E-state index contributed by atoms with van der Waals surface area (Å²) in [6.07, 6.45) is 6.29. The average Bonchev–Trinajstić information content (AvgIpc) is 3.40. The molecule has 31 heavy (non-hydrogen) atoms. The molecule has 2 N–H and O–H groups in total. The van der Waals surface area contributed by atoms with Gasteiger partial charge in [0.2, 0.25) is 11.0 Å². The van der Waals surface area contributed by atoms with Crippen molar-refractivity contribution in [2.45, 2.75) is 48.9 Å². The summed E-state index contributed by atoms with van der Waals surface area (Å²) in [6.45, 7) is 0. The predicted molar refractivity (Wildman–Crippen MR) is 123 cm³/mol. The van der Waals surface area contributed by atoms with Gasteiger partial charge in [0.1, 0.15) is 11.9 Å². The Labute approximate surface area is 188 Å². The third kappa shape index (κ3) is 4.31. The normalized spacial score (nSPS) is 15.2. The number of benzene rings is 1. The first-order valence-electron chi connectivity index (χ1n) is 10.5. The molecule has 1 saturated carbocycles. The molecule has 0 unspecified atom stereocenters. The molecule has 9 heteroatoms. The number of nitrogens with zero attached hydrogens (tertiary/aromatic N) is 4. The number of nitrogens with one attached hydrogen (secondary N) is 2. The first kappa shape index (κ1) is 20.1. The van der Waals surface area contributed by atoms with E-state index in [2.05, 4.69) is 31.5 Å². The third-order valence-electron chi connectivity index (χ3n) is 5.49. The molecular formula is C22H22N6OS2. The number of aromatic nitrogens is 3. The summed E-state index contributed by atoms with van der Waals surface area (Å²) in [4.78, 5) is 12.8. The zero-order chi connectivity index (χ0) is 21.2. The van der Waals surface area contributed by atoms with Crippen LogP contribution in [-0.2, 0) is 17.6 Å². The van der Waals surface area contributed by atoms with Gasteiger partial charge in [0, 0.05) is 17.4 Å². The molecule has 1 aromatic carbocycles. The minimum atomic E-state index is -0.152. The lowest BCUT2D eigenvalue weighted by molar-refractivity contribution is -0.113. The summed E-state index contributed by atoms with van der Waals surface area (Å²) >= 11 is 2.84. The van der Waals surface area contributed by atoms with Crippen LogP contribution in [0, 0.1) is 11.3 Å². The summed E-state index contributed by atoms with van der Waals surface area (Å²) in [7, 11) is 0. The quantitative estimate of drug-likeness (QED) is 0.519. The number of nitriles is 1. The van der Waals surface area contributed by atoms with Crippen LogP contribution >= 0.6 is 23.1 Å². The highest BCUT2D eigenvalue weighted by Gasteiger charge is 2.27. The highest BCUT2D eigenvalue weighted by atomic mass is 32.2. The maximum atomic E-state index is 12.8. The fraction of sp³-hybridized carbons (Fsp3) is 0.364. The van der Waals surface area contributed by atoms with Crippen LogP contribution < -0.4 is 10.6 Å². The molecule has 2 aliphatic rings. The van der Waals surface area contributed by atoms with Gasteiger partial charge < -0.3 is 10.6 Å². The van der Waals surface area contributed by atoms with Crippen molar-refractivity contribution in [3.63, 3.8) is 0 Å². The van der Waals surface area contributed by atoms with Crippen molar-refractivity contribution in [1.29, 1.82) is 5.26 Å². The second-order valence-corrected chi connectivity index (χ2v) is 9.97. The van der Waals surface area contributed by atoms with Crippen LogP contribution in [0.5, 0.6) is 0 Å². The minimum absolute atomic E-state index is 0.152. The SMILES string of the molecule is N#Cc1c2c(n(-c3ccccc3)c1NC(=O)CSc1nnc(NC3CC3)s1)CCCC2. The van der Waals surface area contributed by atoms with E-state index < -0.39 is 0 Å². The van der Waals surface area contributed by atoms with E-state index in [1.807, 2.05) is 30.3 Å². The monoisotopic (exact) mass is 450 g/mol. The van der Waals surface area contributed by atoms with E-state index in [1.54, 1.807) is 0 Å². The van der Waals surface area contributed by atoms with E-state index in [-0.39, 0.29) is 11.7 Å². The number of carbonyl (C=O) groups excluding carboxylic acids is 1. The van der Waals surface area contributed by atoms with Gasteiger partial charge in [-0.2, -0.15) is 5.26 Å². The molecule has 7 nitrogen and oxygen atoms in total. The van der Waals surface area contributed by atoms with E-state index in [9.17, 15) is 10.1 Å². The van der Waals surface area contributed by atoms with Crippen LogP contribution in [0.15, 0.2) is 34.7 Å². The zero-order valence-corrected chi connectivity index (χ0v) is 18.6. The molecule has 0 bridgehead atoms. The molecule has 0 aliphatic heterocycles.